The van der Waals surface area contributed by atoms with Crippen LogP contribution in [-0.2, 0) is 16.2 Å². The molecule has 1 amide bonds. The fourth-order valence-electron chi connectivity index (χ4n) is 2.39. The zero-order valence-electron chi connectivity index (χ0n) is 15.2. The predicted molar refractivity (Wildman–Crippen MR) is 103 cm³/mol. The van der Waals surface area contributed by atoms with E-state index in [0.29, 0.717) is 23.7 Å². The maximum atomic E-state index is 11.3. The topological polar surface area (TPSA) is 84.9 Å². The number of nitrogens with one attached hydrogen (secondary N) is 1. The van der Waals surface area contributed by atoms with Gasteiger partial charge in [-0.15, -0.1) is 0 Å². The fraction of sp³-hybridized carbons (Fsp3) is 0.200. The minimum Gasteiger partial charge on any atom is -0.493 e. The molecular formula is C20H20ClNO5. The molecule has 0 aliphatic heterocycles. The number of aliphatic carboxylic acids is 1. The van der Waals surface area contributed by atoms with Crippen molar-refractivity contribution in [3.63, 3.8) is 0 Å². The minimum atomic E-state index is -1.26. The van der Waals surface area contributed by atoms with Crippen LogP contribution in [0.4, 0.5) is 0 Å². The van der Waals surface area contributed by atoms with Crippen LogP contribution >= 0.6 is 11.6 Å². The molecule has 2 N–H and O–H groups in total. The van der Waals surface area contributed by atoms with E-state index in [1.54, 1.807) is 12.1 Å². The first-order valence-electron chi connectivity index (χ1n) is 8.09. The van der Waals surface area contributed by atoms with Gasteiger partial charge in [0.05, 0.1) is 12.1 Å². The molecule has 2 aromatic rings. The minimum absolute atomic E-state index is 0.266. The van der Waals surface area contributed by atoms with E-state index in [1.807, 2.05) is 31.2 Å². The highest BCUT2D eigenvalue weighted by Crippen LogP contribution is 2.37. The summed E-state index contributed by atoms with van der Waals surface area (Å²) < 4.78 is 11.2. The molecule has 6 nitrogen and oxygen atoms in total. The summed E-state index contributed by atoms with van der Waals surface area (Å²) in [6.45, 7) is 3.53. The fourth-order valence-corrected chi connectivity index (χ4v) is 2.67. The number of aryl methyl sites for hydroxylation is 1. The van der Waals surface area contributed by atoms with Gasteiger partial charge in [-0.1, -0.05) is 35.9 Å². The maximum Gasteiger partial charge on any atom is 0.352 e. The first-order valence-corrected chi connectivity index (χ1v) is 8.47. The van der Waals surface area contributed by atoms with Gasteiger partial charge in [0.15, 0.2) is 11.5 Å². The Kier molecular flexibility index (Phi) is 6.85. The molecule has 27 heavy (non-hydrogen) atoms. The lowest BCUT2D eigenvalue weighted by Crippen LogP contribution is -2.24. The first-order chi connectivity index (χ1) is 12.8. The van der Waals surface area contributed by atoms with Gasteiger partial charge >= 0.3 is 5.97 Å². The lowest BCUT2D eigenvalue weighted by atomic mass is 10.1. The van der Waals surface area contributed by atoms with Crippen molar-refractivity contribution in [2.75, 3.05) is 7.11 Å². The van der Waals surface area contributed by atoms with Crippen LogP contribution in [0.15, 0.2) is 42.1 Å². The highest BCUT2D eigenvalue weighted by atomic mass is 35.5. The molecule has 0 heterocycles. The molecule has 0 spiro atoms. The molecule has 0 fully saturated rings. The second-order valence-corrected chi connectivity index (χ2v) is 6.20. The van der Waals surface area contributed by atoms with Gasteiger partial charge in [-0.25, -0.2) is 4.79 Å². The van der Waals surface area contributed by atoms with E-state index in [4.69, 9.17) is 21.1 Å². The molecule has 0 bridgehead atoms. The summed E-state index contributed by atoms with van der Waals surface area (Å²) in [5.74, 6) is -1.04. The van der Waals surface area contributed by atoms with Crippen LogP contribution in [0.1, 0.15) is 23.6 Å². The van der Waals surface area contributed by atoms with Crippen molar-refractivity contribution in [2.45, 2.75) is 20.5 Å². The average Bonchev–Trinajstić information content (AvgIpc) is 2.60. The second-order valence-electron chi connectivity index (χ2n) is 5.79. The molecule has 2 aromatic carbocycles. The Morgan fingerprint density at radius 2 is 1.96 bits per heavy atom. The number of methoxy groups -OCH3 is 1. The Morgan fingerprint density at radius 1 is 1.26 bits per heavy atom. The van der Waals surface area contributed by atoms with Crippen LogP contribution in [-0.4, -0.2) is 24.1 Å². The van der Waals surface area contributed by atoms with Crippen LogP contribution in [0.25, 0.3) is 6.08 Å². The highest BCUT2D eigenvalue weighted by molar-refractivity contribution is 6.32. The van der Waals surface area contributed by atoms with Gasteiger partial charge in [0.2, 0.25) is 5.91 Å². The molecule has 0 aliphatic carbocycles. The number of rotatable bonds is 7. The Morgan fingerprint density at radius 3 is 2.56 bits per heavy atom. The Labute approximate surface area is 162 Å². The smallest absolute Gasteiger partial charge is 0.352 e. The van der Waals surface area contributed by atoms with Gasteiger partial charge in [-0.2, -0.15) is 0 Å². The van der Waals surface area contributed by atoms with Gasteiger partial charge in [0, 0.05) is 6.92 Å². The summed E-state index contributed by atoms with van der Waals surface area (Å²) in [5.41, 5.74) is 2.28. The van der Waals surface area contributed by atoms with Crippen LogP contribution in [0.2, 0.25) is 5.02 Å². The van der Waals surface area contributed by atoms with Gasteiger partial charge in [-0.05, 0) is 41.8 Å². The zero-order valence-corrected chi connectivity index (χ0v) is 16.0. The zero-order chi connectivity index (χ0) is 20.0. The molecule has 142 valence electrons. The number of carboxylic acid groups (broad SMARTS) is 1. The van der Waals surface area contributed by atoms with Crippen molar-refractivity contribution in [3.05, 3.63) is 63.8 Å². The summed E-state index contributed by atoms with van der Waals surface area (Å²) in [5, 5.41) is 11.7. The Bertz CT molecular complexity index is 892. The first kappa shape index (κ1) is 20.3. The predicted octanol–water partition coefficient (Wildman–Crippen LogP) is 3.80. The molecule has 0 saturated carbocycles. The molecular weight excluding hydrogens is 370 g/mol. The van der Waals surface area contributed by atoms with E-state index in [9.17, 15) is 14.7 Å². The van der Waals surface area contributed by atoms with E-state index < -0.39 is 11.9 Å². The lowest BCUT2D eigenvalue weighted by Gasteiger charge is -2.14. The van der Waals surface area contributed by atoms with Crippen LogP contribution in [0.5, 0.6) is 11.5 Å². The summed E-state index contributed by atoms with van der Waals surface area (Å²) >= 11 is 6.32. The maximum absolute atomic E-state index is 11.3. The molecule has 0 radical (unpaired) electrons. The van der Waals surface area contributed by atoms with E-state index >= 15 is 0 Å². The molecule has 7 heteroatoms. The SMILES string of the molecule is COc1cc(C=C(NC(C)=O)C(=O)O)cc(Cl)c1OCc1ccccc1C. The van der Waals surface area contributed by atoms with Gasteiger partial charge in [0.25, 0.3) is 0 Å². The summed E-state index contributed by atoms with van der Waals surface area (Å²) in [6.07, 6.45) is 1.29. The number of carbonyl (C=O) groups is 2. The third-order valence-corrected chi connectivity index (χ3v) is 4.02. The summed E-state index contributed by atoms with van der Waals surface area (Å²) in [7, 11) is 1.46. The number of carbonyl (C=O) groups excluding carboxylic acids is 1. The number of amides is 1. The lowest BCUT2D eigenvalue weighted by molar-refractivity contribution is -0.134. The molecule has 0 saturated heterocycles. The van der Waals surface area contributed by atoms with E-state index in [1.165, 1.54) is 20.1 Å². The number of hydrogen-bond donors (Lipinski definition) is 2. The average molecular weight is 390 g/mol. The van der Waals surface area contributed by atoms with Gasteiger partial charge < -0.3 is 19.9 Å². The van der Waals surface area contributed by atoms with Crippen LogP contribution < -0.4 is 14.8 Å². The van der Waals surface area contributed by atoms with E-state index in [0.717, 1.165) is 11.1 Å². The normalized spacial score (nSPS) is 11.0. The number of benzene rings is 2. The molecule has 0 unspecified atom stereocenters. The second kappa shape index (κ2) is 9.09. The van der Waals surface area contributed by atoms with Crippen molar-refractivity contribution in [2.24, 2.45) is 0 Å². The number of carboxylic acids is 1. The van der Waals surface area contributed by atoms with Gasteiger partial charge in [0.1, 0.15) is 12.3 Å². The van der Waals surface area contributed by atoms with Crippen LogP contribution in [0.3, 0.4) is 0 Å². The van der Waals surface area contributed by atoms with Crippen molar-refractivity contribution in [1.29, 1.82) is 0 Å². The highest BCUT2D eigenvalue weighted by Gasteiger charge is 2.14. The summed E-state index contributed by atoms with van der Waals surface area (Å²) in [6, 6.07) is 10.9. The van der Waals surface area contributed by atoms with Gasteiger partial charge in [-0.3, -0.25) is 4.79 Å². The standard InChI is InChI=1S/C20H20ClNO5/c1-12-6-4-5-7-15(12)11-27-19-16(21)8-14(10-18(19)26-3)9-17(20(24)25)22-13(2)23/h4-10H,11H2,1-3H3,(H,22,23)(H,24,25). The largest absolute Gasteiger partial charge is 0.493 e. The summed E-state index contributed by atoms with van der Waals surface area (Å²) in [4.78, 5) is 22.4. The van der Waals surface area contributed by atoms with Crippen molar-refractivity contribution in [3.8, 4) is 11.5 Å². The Balaban J connectivity index is 2.32. The Hall–Kier alpha value is -2.99. The van der Waals surface area contributed by atoms with Crippen molar-refractivity contribution in [1.82, 2.24) is 5.32 Å². The third-order valence-electron chi connectivity index (χ3n) is 3.74. The van der Waals surface area contributed by atoms with E-state index in [2.05, 4.69) is 5.32 Å². The van der Waals surface area contributed by atoms with Crippen molar-refractivity contribution >= 4 is 29.6 Å². The number of halogens is 1. The number of ether oxygens (including phenoxy) is 2. The molecule has 0 atom stereocenters. The quantitative estimate of drug-likeness (QED) is 0.703. The molecule has 0 aromatic heterocycles. The molecule has 2 rings (SSSR count). The van der Waals surface area contributed by atoms with E-state index in [-0.39, 0.29) is 10.7 Å². The van der Waals surface area contributed by atoms with Crippen LogP contribution in [0, 0.1) is 6.92 Å². The third kappa shape index (κ3) is 5.49. The van der Waals surface area contributed by atoms with Crippen molar-refractivity contribution < 1.29 is 24.2 Å². The number of hydrogen-bond acceptors (Lipinski definition) is 4. The molecule has 0 aliphatic rings. The monoisotopic (exact) mass is 389 g/mol.